The maximum Gasteiger partial charge on any atom is 0.0853 e. The highest BCUT2D eigenvalue weighted by molar-refractivity contribution is 6.28. The molecule has 5 aromatic carbocycles. The summed E-state index contributed by atoms with van der Waals surface area (Å²) in [5.41, 5.74) is 9.89. The Hall–Kier alpha value is -3.35. The van der Waals surface area contributed by atoms with Crippen molar-refractivity contribution in [2.45, 2.75) is 5.38 Å². The lowest BCUT2D eigenvalue weighted by Crippen LogP contribution is -1.96. The van der Waals surface area contributed by atoms with Crippen molar-refractivity contribution < 1.29 is 0 Å². The molecule has 0 aromatic heterocycles. The normalized spacial score (nSPS) is 14.5. The number of benzene rings is 5. The molecule has 0 N–H and O–H groups in total. The molecule has 0 saturated heterocycles. The minimum atomic E-state index is -0.168. The summed E-state index contributed by atoms with van der Waals surface area (Å²) in [4.78, 5) is 0. The molecular formula is C29H19Cl. The molecule has 142 valence electrons. The van der Waals surface area contributed by atoms with E-state index in [4.69, 9.17) is 11.6 Å². The van der Waals surface area contributed by atoms with Crippen LogP contribution >= 0.6 is 11.6 Å². The summed E-state index contributed by atoms with van der Waals surface area (Å²) in [6.07, 6.45) is 0. The van der Waals surface area contributed by atoms with Gasteiger partial charge >= 0.3 is 0 Å². The van der Waals surface area contributed by atoms with Crippen molar-refractivity contribution >= 4 is 22.4 Å². The number of fused-ring (bicyclic) bond motifs is 4. The Morgan fingerprint density at radius 2 is 0.967 bits per heavy atom. The summed E-state index contributed by atoms with van der Waals surface area (Å²) in [5.74, 6) is 0. The van der Waals surface area contributed by atoms with Gasteiger partial charge in [-0.05, 0) is 55.3 Å². The quantitative estimate of drug-likeness (QED) is 0.260. The smallest absolute Gasteiger partial charge is 0.0853 e. The van der Waals surface area contributed by atoms with Crippen molar-refractivity contribution in [3.8, 4) is 33.4 Å². The fourth-order valence-corrected chi connectivity index (χ4v) is 5.32. The third kappa shape index (κ3) is 2.47. The SMILES string of the molecule is ClC1c2ccccc2-c2c1c(-c1ccccc1)c1ccccc1c2-c1ccccc1. The van der Waals surface area contributed by atoms with Crippen LogP contribution < -0.4 is 0 Å². The average molecular weight is 403 g/mol. The Morgan fingerprint density at radius 1 is 0.467 bits per heavy atom. The van der Waals surface area contributed by atoms with Crippen molar-refractivity contribution in [2.24, 2.45) is 0 Å². The molecule has 0 saturated carbocycles. The van der Waals surface area contributed by atoms with Crippen molar-refractivity contribution in [3.63, 3.8) is 0 Å². The van der Waals surface area contributed by atoms with E-state index >= 15 is 0 Å². The standard InChI is InChI=1S/C29H19Cl/c30-29-24-18-10-9-17-23(24)27-25(19-11-3-1-4-12-19)21-15-7-8-16-22(21)26(28(27)29)20-13-5-2-6-14-20/h1-18,29H. The fourth-order valence-electron chi connectivity index (χ4n) is 4.91. The van der Waals surface area contributed by atoms with Crippen molar-refractivity contribution in [2.75, 3.05) is 0 Å². The molecule has 0 aliphatic heterocycles. The van der Waals surface area contributed by atoms with Crippen molar-refractivity contribution in [3.05, 3.63) is 120 Å². The van der Waals surface area contributed by atoms with Gasteiger partial charge in [0.15, 0.2) is 0 Å². The molecule has 1 atom stereocenters. The lowest BCUT2D eigenvalue weighted by atomic mass is 9.83. The maximum atomic E-state index is 7.19. The van der Waals surface area contributed by atoms with E-state index in [1.807, 2.05) is 0 Å². The third-order valence-electron chi connectivity index (χ3n) is 6.14. The Morgan fingerprint density at radius 3 is 1.63 bits per heavy atom. The minimum absolute atomic E-state index is 0.168. The van der Waals surface area contributed by atoms with Crippen LogP contribution in [0.2, 0.25) is 0 Å². The average Bonchev–Trinajstić information content (AvgIpc) is 3.11. The predicted molar refractivity (Wildman–Crippen MR) is 128 cm³/mol. The first-order valence-corrected chi connectivity index (χ1v) is 10.7. The van der Waals surface area contributed by atoms with E-state index in [-0.39, 0.29) is 5.38 Å². The van der Waals surface area contributed by atoms with Crippen LogP contribution in [0.15, 0.2) is 109 Å². The zero-order valence-electron chi connectivity index (χ0n) is 16.3. The highest BCUT2D eigenvalue weighted by Crippen LogP contribution is 2.56. The number of hydrogen-bond donors (Lipinski definition) is 0. The topological polar surface area (TPSA) is 0 Å². The van der Waals surface area contributed by atoms with Gasteiger partial charge in [-0.3, -0.25) is 0 Å². The molecule has 0 spiro atoms. The molecule has 1 heteroatoms. The van der Waals surface area contributed by atoms with Crippen LogP contribution in [0, 0.1) is 0 Å². The Bertz CT molecular complexity index is 1380. The summed E-state index contributed by atoms with van der Waals surface area (Å²) in [5, 5.41) is 2.35. The summed E-state index contributed by atoms with van der Waals surface area (Å²) in [7, 11) is 0. The van der Waals surface area contributed by atoms with Crippen LogP contribution in [0.5, 0.6) is 0 Å². The molecule has 1 aliphatic carbocycles. The minimum Gasteiger partial charge on any atom is -0.113 e. The first-order valence-electron chi connectivity index (χ1n) is 10.3. The molecule has 0 bridgehead atoms. The van der Waals surface area contributed by atoms with Crippen molar-refractivity contribution in [1.82, 2.24) is 0 Å². The van der Waals surface area contributed by atoms with Gasteiger partial charge in [0, 0.05) is 0 Å². The predicted octanol–water partition coefficient (Wildman–Crippen LogP) is 8.48. The maximum absolute atomic E-state index is 7.19. The third-order valence-corrected chi connectivity index (χ3v) is 6.59. The highest BCUT2D eigenvalue weighted by Gasteiger charge is 2.34. The van der Waals surface area contributed by atoms with Crippen LogP contribution in [-0.4, -0.2) is 0 Å². The molecule has 1 aliphatic rings. The van der Waals surface area contributed by atoms with E-state index in [2.05, 4.69) is 109 Å². The van der Waals surface area contributed by atoms with Gasteiger partial charge in [-0.25, -0.2) is 0 Å². The second-order valence-corrected chi connectivity index (χ2v) is 8.20. The van der Waals surface area contributed by atoms with Gasteiger partial charge in [-0.2, -0.15) is 0 Å². The summed E-state index contributed by atoms with van der Waals surface area (Å²) >= 11 is 7.19. The molecule has 30 heavy (non-hydrogen) atoms. The molecule has 0 amide bonds. The van der Waals surface area contributed by atoms with Gasteiger partial charge < -0.3 is 0 Å². The molecule has 0 fully saturated rings. The number of halogens is 1. The summed E-state index contributed by atoms with van der Waals surface area (Å²) in [6.45, 7) is 0. The molecule has 5 aromatic rings. The molecule has 6 rings (SSSR count). The number of rotatable bonds is 2. The van der Waals surface area contributed by atoms with Crippen LogP contribution in [0.25, 0.3) is 44.2 Å². The van der Waals surface area contributed by atoms with E-state index in [1.54, 1.807) is 0 Å². The van der Waals surface area contributed by atoms with Crippen molar-refractivity contribution in [1.29, 1.82) is 0 Å². The zero-order chi connectivity index (χ0) is 20.1. The first-order chi connectivity index (χ1) is 14.8. The van der Waals surface area contributed by atoms with E-state index in [0.717, 1.165) is 0 Å². The molecular weight excluding hydrogens is 384 g/mol. The summed E-state index contributed by atoms with van der Waals surface area (Å²) in [6, 6.07) is 38.7. The second kappa shape index (κ2) is 6.86. The van der Waals surface area contributed by atoms with Crippen LogP contribution in [0.4, 0.5) is 0 Å². The van der Waals surface area contributed by atoms with Gasteiger partial charge in [0.1, 0.15) is 0 Å². The van der Waals surface area contributed by atoms with E-state index in [9.17, 15) is 0 Å². The van der Waals surface area contributed by atoms with Gasteiger partial charge in [0.2, 0.25) is 0 Å². The van der Waals surface area contributed by atoms with E-state index in [0.29, 0.717) is 0 Å². The van der Waals surface area contributed by atoms with E-state index < -0.39 is 0 Å². The molecule has 1 unspecified atom stereocenters. The Balaban J connectivity index is 1.86. The lowest BCUT2D eigenvalue weighted by Gasteiger charge is -2.20. The van der Waals surface area contributed by atoms with Gasteiger partial charge in [-0.15, -0.1) is 11.6 Å². The zero-order valence-corrected chi connectivity index (χ0v) is 17.1. The van der Waals surface area contributed by atoms with Gasteiger partial charge in [0.25, 0.3) is 0 Å². The fraction of sp³-hybridized carbons (Fsp3) is 0.0345. The number of alkyl halides is 1. The van der Waals surface area contributed by atoms with Gasteiger partial charge in [-0.1, -0.05) is 109 Å². The Labute approximate surface area is 181 Å². The van der Waals surface area contributed by atoms with Crippen LogP contribution in [0.1, 0.15) is 16.5 Å². The van der Waals surface area contributed by atoms with Gasteiger partial charge in [0.05, 0.1) is 5.38 Å². The van der Waals surface area contributed by atoms with E-state index in [1.165, 1.54) is 55.3 Å². The first kappa shape index (κ1) is 17.5. The monoisotopic (exact) mass is 402 g/mol. The lowest BCUT2D eigenvalue weighted by molar-refractivity contribution is 1.21. The summed E-state index contributed by atoms with van der Waals surface area (Å²) < 4.78 is 0. The highest BCUT2D eigenvalue weighted by atomic mass is 35.5. The van der Waals surface area contributed by atoms with Crippen LogP contribution in [-0.2, 0) is 0 Å². The molecule has 0 radical (unpaired) electrons. The largest absolute Gasteiger partial charge is 0.113 e. The molecule has 0 heterocycles. The second-order valence-electron chi connectivity index (χ2n) is 7.77. The van der Waals surface area contributed by atoms with Crippen LogP contribution in [0.3, 0.4) is 0 Å². The molecule has 0 nitrogen and oxygen atoms in total. The number of hydrogen-bond acceptors (Lipinski definition) is 0. The Kier molecular flexibility index (Phi) is 4.00.